The van der Waals surface area contributed by atoms with E-state index in [2.05, 4.69) is 5.32 Å². The molecule has 0 fully saturated rings. The Morgan fingerprint density at radius 2 is 1.81 bits per heavy atom. The Bertz CT molecular complexity index is 337. The van der Waals surface area contributed by atoms with Gasteiger partial charge in [0.05, 0.1) is 25.2 Å². The molecule has 0 aromatic rings. The van der Waals surface area contributed by atoms with Gasteiger partial charge in [-0.3, -0.25) is 4.79 Å². The van der Waals surface area contributed by atoms with Gasteiger partial charge in [0.1, 0.15) is 5.60 Å². The summed E-state index contributed by atoms with van der Waals surface area (Å²) in [6, 6.07) is -0.561. The molecule has 0 radical (unpaired) electrons. The Balaban J connectivity index is 4.72. The van der Waals surface area contributed by atoms with Crippen molar-refractivity contribution in [3.63, 3.8) is 0 Å². The van der Waals surface area contributed by atoms with Gasteiger partial charge in [0.25, 0.3) is 0 Å². The molecule has 0 aromatic carbocycles. The lowest BCUT2D eigenvalue weighted by molar-refractivity contribution is -0.146. The number of nitrogens with one attached hydrogen (secondary N) is 1. The topological polar surface area (TPSA) is 84.9 Å². The van der Waals surface area contributed by atoms with E-state index < -0.39 is 29.8 Å². The van der Waals surface area contributed by atoms with E-state index in [1.54, 1.807) is 27.7 Å². The van der Waals surface area contributed by atoms with Crippen molar-refractivity contribution in [2.45, 2.75) is 72.1 Å². The molecule has 0 spiro atoms. The first-order chi connectivity index (χ1) is 9.60. The van der Waals surface area contributed by atoms with Crippen LogP contribution in [0, 0.1) is 5.92 Å². The fraction of sp³-hybridized carbons (Fsp3) is 0.867. The number of hydrogen-bond donors (Lipinski definition) is 2. The van der Waals surface area contributed by atoms with Crippen LogP contribution in [0.25, 0.3) is 0 Å². The quantitative estimate of drug-likeness (QED) is 0.705. The molecule has 0 bridgehead atoms. The number of rotatable bonds is 7. The molecule has 0 heterocycles. The summed E-state index contributed by atoms with van der Waals surface area (Å²) in [5.41, 5.74) is -0.615. The molecule has 3 atom stereocenters. The van der Waals surface area contributed by atoms with Crippen molar-refractivity contribution in [3.05, 3.63) is 0 Å². The number of carbonyl (C=O) groups excluding carboxylic acids is 2. The normalized spacial score (nSPS) is 15.8. The number of aliphatic hydroxyl groups is 1. The number of amides is 1. The molecule has 0 aromatic heterocycles. The van der Waals surface area contributed by atoms with Crippen LogP contribution in [0.5, 0.6) is 0 Å². The SMILES string of the molecule is CCOC(=O)C[C@@H](O)[C@@H](NC(=O)OC(C)(C)C)[C@H](C)CC. The Morgan fingerprint density at radius 1 is 1.24 bits per heavy atom. The zero-order valence-corrected chi connectivity index (χ0v) is 13.9. The van der Waals surface area contributed by atoms with Crippen LogP contribution in [-0.2, 0) is 14.3 Å². The Morgan fingerprint density at radius 3 is 2.24 bits per heavy atom. The van der Waals surface area contributed by atoms with E-state index in [1.165, 1.54) is 0 Å². The predicted octanol–water partition coefficient (Wildman–Crippen LogP) is 2.24. The number of carbonyl (C=O) groups is 2. The summed E-state index contributed by atoms with van der Waals surface area (Å²) in [7, 11) is 0. The molecule has 21 heavy (non-hydrogen) atoms. The van der Waals surface area contributed by atoms with Crippen LogP contribution < -0.4 is 5.32 Å². The molecule has 0 aliphatic rings. The van der Waals surface area contributed by atoms with Crippen molar-refractivity contribution in [1.82, 2.24) is 5.32 Å². The molecule has 0 saturated heterocycles. The van der Waals surface area contributed by atoms with Gasteiger partial charge in [-0.25, -0.2) is 4.79 Å². The minimum Gasteiger partial charge on any atom is -0.466 e. The molecule has 0 saturated carbocycles. The first-order valence-corrected chi connectivity index (χ1v) is 7.43. The van der Waals surface area contributed by atoms with E-state index in [0.717, 1.165) is 6.42 Å². The van der Waals surface area contributed by atoms with E-state index in [9.17, 15) is 14.7 Å². The van der Waals surface area contributed by atoms with Crippen molar-refractivity contribution in [2.75, 3.05) is 6.61 Å². The zero-order chi connectivity index (χ0) is 16.6. The number of aliphatic hydroxyl groups excluding tert-OH is 1. The van der Waals surface area contributed by atoms with Gasteiger partial charge in [-0.1, -0.05) is 20.3 Å². The van der Waals surface area contributed by atoms with Gasteiger partial charge in [-0.05, 0) is 33.6 Å². The summed E-state index contributed by atoms with van der Waals surface area (Å²) < 4.78 is 10.0. The highest BCUT2D eigenvalue weighted by atomic mass is 16.6. The average molecular weight is 303 g/mol. The number of esters is 1. The van der Waals surface area contributed by atoms with Gasteiger partial charge in [0.15, 0.2) is 0 Å². The largest absolute Gasteiger partial charge is 0.466 e. The minimum absolute atomic E-state index is 0.00180. The number of ether oxygens (including phenoxy) is 2. The molecule has 124 valence electrons. The maximum Gasteiger partial charge on any atom is 0.407 e. The van der Waals surface area contributed by atoms with Crippen molar-refractivity contribution >= 4 is 12.1 Å². The molecular formula is C15H29NO5. The van der Waals surface area contributed by atoms with E-state index in [-0.39, 0.29) is 18.9 Å². The highest BCUT2D eigenvalue weighted by Crippen LogP contribution is 2.16. The van der Waals surface area contributed by atoms with E-state index >= 15 is 0 Å². The molecule has 1 amide bonds. The lowest BCUT2D eigenvalue weighted by Gasteiger charge is -2.30. The summed E-state index contributed by atoms with van der Waals surface area (Å²) in [5.74, 6) is -0.480. The van der Waals surface area contributed by atoms with Gasteiger partial charge in [-0.2, -0.15) is 0 Å². The molecule has 6 heteroatoms. The molecule has 0 rings (SSSR count). The Hall–Kier alpha value is -1.30. The average Bonchev–Trinajstić information content (AvgIpc) is 2.32. The Kier molecular flexibility index (Phi) is 8.32. The lowest BCUT2D eigenvalue weighted by Crippen LogP contribution is -2.49. The van der Waals surface area contributed by atoms with Crippen molar-refractivity contribution < 1.29 is 24.2 Å². The third-order valence-electron chi connectivity index (χ3n) is 3.04. The van der Waals surface area contributed by atoms with Crippen molar-refractivity contribution in [2.24, 2.45) is 5.92 Å². The fourth-order valence-electron chi connectivity index (χ4n) is 1.83. The summed E-state index contributed by atoms with van der Waals surface area (Å²) in [5, 5.41) is 12.8. The summed E-state index contributed by atoms with van der Waals surface area (Å²) in [4.78, 5) is 23.3. The van der Waals surface area contributed by atoms with Crippen LogP contribution in [0.1, 0.15) is 54.4 Å². The van der Waals surface area contributed by atoms with Crippen LogP contribution in [0.15, 0.2) is 0 Å². The third-order valence-corrected chi connectivity index (χ3v) is 3.04. The summed E-state index contributed by atoms with van der Waals surface area (Å²) in [6.45, 7) is 11.1. The van der Waals surface area contributed by atoms with Crippen LogP contribution >= 0.6 is 0 Å². The maximum atomic E-state index is 11.8. The zero-order valence-electron chi connectivity index (χ0n) is 13.9. The second kappa shape index (κ2) is 8.87. The van der Waals surface area contributed by atoms with Gasteiger partial charge >= 0.3 is 12.1 Å². The smallest absolute Gasteiger partial charge is 0.407 e. The van der Waals surface area contributed by atoms with E-state index in [1.807, 2.05) is 13.8 Å². The van der Waals surface area contributed by atoms with Crippen LogP contribution in [0.3, 0.4) is 0 Å². The van der Waals surface area contributed by atoms with Gasteiger partial charge < -0.3 is 19.9 Å². The van der Waals surface area contributed by atoms with Gasteiger partial charge in [0.2, 0.25) is 0 Å². The lowest BCUT2D eigenvalue weighted by atomic mass is 9.93. The van der Waals surface area contributed by atoms with Crippen LogP contribution in [0.4, 0.5) is 4.79 Å². The summed E-state index contributed by atoms with van der Waals surface area (Å²) in [6.07, 6.45) is -1.01. The molecule has 2 N–H and O–H groups in total. The Labute approximate surface area is 127 Å². The van der Waals surface area contributed by atoms with Gasteiger partial charge in [-0.15, -0.1) is 0 Å². The standard InChI is InChI=1S/C15H29NO5/c1-7-10(3)13(11(17)9-12(18)20-8-2)16-14(19)21-15(4,5)6/h10-11,13,17H,7-9H2,1-6H3,(H,16,19)/t10-,11-,13+/m1/s1. The monoisotopic (exact) mass is 303 g/mol. The summed E-state index contributed by atoms with van der Waals surface area (Å²) >= 11 is 0. The number of hydrogen-bond acceptors (Lipinski definition) is 5. The predicted molar refractivity (Wildman–Crippen MR) is 79.9 cm³/mol. The molecule has 0 aliphatic carbocycles. The number of alkyl carbamates (subject to hydrolysis) is 1. The van der Waals surface area contributed by atoms with Crippen LogP contribution in [-0.4, -0.2) is 41.5 Å². The van der Waals surface area contributed by atoms with Crippen LogP contribution in [0.2, 0.25) is 0 Å². The maximum absolute atomic E-state index is 11.8. The molecule has 0 unspecified atom stereocenters. The van der Waals surface area contributed by atoms with E-state index in [4.69, 9.17) is 9.47 Å². The van der Waals surface area contributed by atoms with Crippen molar-refractivity contribution in [1.29, 1.82) is 0 Å². The fourth-order valence-corrected chi connectivity index (χ4v) is 1.83. The minimum atomic E-state index is -1.01. The molecule has 6 nitrogen and oxygen atoms in total. The van der Waals surface area contributed by atoms with Crippen molar-refractivity contribution in [3.8, 4) is 0 Å². The molecule has 0 aliphatic heterocycles. The third kappa shape index (κ3) is 8.55. The second-order valence-corrected chi connectivity index (χ2v) is 6.13. The molecular weight excluding hydrogens is 274 g/mol. The first kappa shape index (κ1) is 19.7. The highest BCUT2D eigenvalue weighted by Gasteiger charge is 2.30. The highest BCUT2D eigenvalue weighted by molar-refractivity contribution is 5.71. The van der Waals surface area contributed by atoms with Gasteiger partial charge in [0, 0.05) is 0 Å². The first-order valence-electron chi connectivity index (χ1n) is 7.43. The van der Waals surface area contributed by atoms with E-state index in [0.29, 0.717) is 0 Å². The second-order valence-electron chi connectivity index (χ2n) is 6.13.